The summed E-state index contributed by atoms with van der Waals surface area (Å²) < 4.78 is 5.52. The fraction of sp³-hybridized carbons (Fsp3) is 0.833. The van der Waals surface area contributed by atoms with Gasteiger partial charge in [0.05, 0.1) is 12.4 Å². The number of hydrogen-bond acceptors (Lipinski definition) is 2. The van der Waals surface area contributed by atoms with Gasteiger partial charge in [0, 0.05) is 13.0 Å². The van der Waals surface area contributed by atoms with Crippen LogP contribution in [0.2, 0.25) is 0 Å². The summed E-state index contributed by atoms with van der Waals surface area (Å²) in [6.45, 7) is 10.6. The van der Waals surface area contributed by atoms with Crippen LogP contribution in [0.4, 0.5) is 0 Å². The number of hydrogen-bond donors (Lipinski definition) is 0. The Hall–Kier alpha value is -0.500. The molecule has 0 aromatic rings. The highest BCUT2D eigenvalue weighted by atomic mass is 16.5. The van der Waals surface area contributed by atoms with E-state index in [1.807, 2.05) is 0 Å². The first-order chi connectivity index (χ1) is 6.83. The van der Waals surface area contributed by atoms with Crippen molar-refractivity contribution >= 4 is 0 Å². The van der Waals surface area contributed by atoms with Crippen LogP contribution in [0, 0.1) is 0 Å². The molecule has 0 amide bonds. The molecule has 0 N–H and O–H groups in total. The van der Waals surface area contributed by atoms with Crippen LogP contribution in [-0.4, -0.2) is 31.1 Å². The maximum atomic E-state index is 5.52. The Bertz CT molecular complexity index is 162. The first kappa shape index (κ1) is 11.6. The topological polar surface area (TPSA) is 12.5 Å². The van der Waals surface area contributed by atoms with E-state index in [1.165, 1.54) is 32.5 Å². The van der Waals surface area contributed by atoms with Crippen molar-refractivity contribution in [2.24, 2.45) is 0 Å². The third-order valence-electron chi connectivity index (χ3n) is 2.65. The van der Waals surface area contributed by atoms with E-state index in [-0.39, 0.29) is 0 Å². The molecule has 1 rings (SSSR count). The summed E-state index contributed by atoms with van der Waals surface area (Å²) in [5.74, 6) is 0.953. The van der Waals surface area contributed by atoms with Gasteiger partial charge in [0.15, 0.2) is 0 Å². The second-order valence-electron chi connectivity index (χ2n) is 4.04. The monoisotopic (exact) mass is 197 g/mol. The number of ether oxygens (including phenoxy) is 1. The maximum Gasteiger partial charge on any atom is 0.0889 e. The molecular weight excluding hydrogens is 174 g/mol. The van der Waals surface area contributed by atoms with Gasteiger partial charge in [-0.3, -0.25) is 0 Å². The predicted octanol–water partition coefficient (Wildman–Crippen LogP) is 2.80. The minimum absolute atomic E-state index is 0.843. The molecule has 0 saturated carbocycles. The molecule has 2 nitrogen and oxygen atoms in total. The largest absolute Gasteiger partial charge is 0.499 e. The molecule has 0 unspecified atom stereocenters. The van der Waals surface area contributed by atoms with Crippen LogP contribution in [0.3, 0.4) is 0 Å². The highest BCUT2D eigenvalue weighted by molar-refractivity contribution is 4.81. The fourth-order valence-electron chi connectivity index (χ4n) is 1.86. The molecule has 0 atom stereocenters. The van der Waals surface area contributed by atoms with Gasteiger partial charge in [-0.1, -0.05) is 13.5 Å². The van der Waals surface area contributed by atoms with E-state index < -0.39 is 0 Å². The van der Waals surface area contributed by atoms with Gasteiger partial charge in [-0.2, -0.15) is 0 Å². The van der Waals surface area contributed by atoms with Crippen molar-refractivity contribution in [2.75, 3.05) is 26.2 Å². The molecule has 0 spiro atoms. The van der Waals surface area contributed by atoms with E-state index in [4.69, 9.17) is 4.74 Å². The third-order valence-corrected chi connectivity index (χ3v) is 2.65. The smallest absolute Gasteiger partial charge is 0.0889 e. The van der Waals surface area contributed by atoms with Crippen LogP contribution in [0.5, 0.6) is 0 Å². The molecule has 14 heavy (non-hydrogen) atoms. The summed E-state index contributed by atoms with van der Waals surface area (Å²) in [5.41, 5.74) is 0. The lowest BCUT2D eigenvalue weighted by Crippen LogP contribution is -2.21. The van der Waals surface area contributed by atoms with Crippen molar-refractivity contribution in [3.8, 4) is 0 Å². The fourth-order valence-corrected chi connectivity index (χ4v) is 1.86. The van der Waals surface area contributed by atoms with E-state index in [0.717, 1.165) is 31.6 Å². The summed E-state index contributed by atoms with van der Waals surface area (Å²) in [5, 5.41) is 0. The van der Waals surface area contributed by atoms with Crippen molar-refractivity contribution in [2.45, 2.75) is 39.0 Å². The Morgan fingerprint density at radius 3 is 2.71 bits per heavy atom. The van der Waals surface area contributed by atoms with Gasteiger partial charge in [0.2, 0.25) is 0 Å². The van der Waals surface area contributed by atoms with Crippen molar-refractivity contribution in [1.29, 1.82) is 0 Å². The van der Waals surface area contributed by atoms with Crippen molar-refractivity contribution in [3.05, 3.63) is 12.3 Å². The zero-order chi connectivity index (χ0) is 10.2. The standard InChI is InChI=1S/C12H23NO/c1-3-7-12(2)14-11-6-10-13-8-4-5-9-13/h2-11H2,1H3. The third kappa shape index (κ3) is 4.66. The number of nitrogens with zero attached hydrogens (tertiary/aromatic N) is 1. The van der Waals surface area contributed by atoms with Gasteiger partial charge in [-0.15, -0.1) is 0 Å². The molecule has 1 heterocycles. The van der Waals surface area contributed by atoms with Crippen LogP contribution in [0.1, 0.15) is 39.0 Å². The number of likely N-dealkylation sites (tertiary alicyclic amines) is 1. The molecule has 82 valence electrons. The second-order valence-corrected chi connectivity index (χ2v) is 4.04. The first-order valence-electron chi connectivity index (χ1n) is 5.86. The van der Waals surface area contributed by atoms with Crippen LogP contribution < -0.4 is 0 Å². The van der Waals surface area contributed by atoms with Crippen LogP contribution in [0.25, 0.3) is 0 Å². The summed E-state index contributed by atoms with van der Waals surface area (Å²) >= 11 is 0. The van der Waals surface area contributed by atoms with Crippen molar-refractivity contribution in [3.63, 3.8) is 0 Å². The minimum atomic E-state index is 0.843. The molecule has 1 saturated heterocycles. The highest BCUT2D eigenvalue weighted by Gasteiger charge is 2.10. The van der Waals surface area contributed by atoms with Gasteiger partial charge in [-0.05, 0) is 38.8 Å². The first-order valence-corrected chi connectivity index (χ1v) is 5.86. The molecule has 1 aliphatic heterocycles. The molecule has 0 radical (unpaired) electrons. The van der Waals surface area contributed by atoms with Gasteiger partial charge < -0.3 is 9.64 Å². The number of allylic oxidation sites excluding steroid dienone is 1. The lowest BCUT2D eigenvalue weighted by molar-refractivity contribution is 0.184. The summed E-state index contributed by atoms with van der Waals surface area (Å²) in [7, 11) is 0. The Morgan fingerprint density at radius 2 is 2.07 bits per heavy atom. The van der Waals surface area contributed by atoms with Gasteiger partial charge in [-0.25, -0.2) is 0 Å². The van der Waals surface area contributed by atoms with Gasteiger partial charge in [0.1, 0.15) is 0 Å². The van der Waals surface area contributed by atoms with E-state index in [9.17, 15) is 0 Å². The van der Waals surface area contributed by atoms with Crippen LogP contribution in [-0.2, 0) is 4.74 Å². The molecule has 1 aliphatic rings. The zero-order valence-corrected chi connectivity index (χ0v) is 9.43. The lowest BCUT2D eigenvalue weighted by atomic mass is 10.3. The van der Waals surface area contributed by atoms with Crippen LogP contribution in [0.15, 0.2) is 12.3 Å². The zero-order valence-electron chi connectivity index (χ0n) is 9.43. The average molecular weight is 197 g/mol. The maximum absolute atomic E-state index is 5.52. The van der Waals surface area contributed by atoms with Crippen molar-refractivity contribution < 1.29 is 4.74 Å². The van der Waals surface area contributed by atoms with E-state index in [1.54, 1.807) is 0 Å². The minimum Gasteiger partial charge on any atom is -0.499 e. The van der Waals surface area contributed by atoms with E-state index >= 15 is 0 Å². The van der Waals surface area contributed by atoms with E-state index in [2.05, 4.69) is 18.4 Å². The highest BCUT2D eigenvalue weighted by Crippen LogP contribution is 2.08. The summed E-state index contributed by atoms with van der Waals surface area (Å²) in [6, 6.07) is 0. The second kappa shape index (κ2) is 6.88. The molecule has 0 aromatic carbocycles. The number of rotatable bonds is 7. The van der Waals surface area contributed by atoms with Crippen LogP contribution >= 0.6 is 0 Å². The molecule has 2 heteroatoms. The lowest BCUT2D eigenvalue weighted by Gasteiger charge is -2.14. The average Bonchev–Trinajstić information content (AvgIpc) is 2.65. The Labute approximate surface area is 87.9 Å². The quantitative estimate of drug-likeness (QED) is 0.459. The molecule has 0 aromatic heterocycles. The summed E-state index contributed by atoms with van der Waals surface area (Å²) in [4.78, 5) is 2.52. The molecule has 1 fully saturated rings. The SMILES string of the molecule is C=C(CCC)OCCCN1CCCC1. The molecular formula is C12H23NO. The van der Waals surface area contributed by atoms with Gasteiger partial charge in [0.25, 0.3) is 0 Å². The Kier molecular flexibility index (Phi) is 5.69. The Balaban J connectivity index is 1.90. The predicted molar refractivity (Wildman–Crippen MR) is 60.3 cm³/mol. The normalized spacial score (nSPS) is 17.2. The van der Waals surface area contributed by atoms with Crippen molar-refractivity contribution in [1.82, 2.24) is 4.90 Å². The van der Waals surface area contributed by atoms with Gasteiger partial charge >= 0.3 is 0 Å². The molecule has 0 bridgehead atoms. The molecule has 0 aliphatic carbocycles. The summed E-state index contributed by atoms with van der Waals surface area (Å²) in [6.07, 6.45) is 6.03. The van der Waals surface area contributed by atoms with E-state index in [0.29, 0.717) is 0 Å². The Morgan fingerprint density at radius 1 is 1.36 bits per heavy atom.